The van der Waals surface area contributed by atoms with E-state index in [0.29, 0.717) is 32.1 Å². The zero-order chi connectivity index (χ0) is 17.1. The van der Waals surface area contributed by atoms with Gasteiger partial charge in [0.15, 0.2) is 0 Å². The minimum absolute atomic E-state index is 0. The highest BCUT2D eigenvalue weighted by atomic mass is 35.5. The van der Waals surface area contributed by atoms with Gasteiger partial charge >= 0.3 is 0 Å². The Morgan fingerprint density at radius 2 is 2.23 bits per heavy atom. The number of morpholine rings is 1. The van der Waals surface area contributed by atoms with Gasteiger partial charge in [0.25, 0.3) is 5.69 Å². The summed E-state index contributed by atoms with van der Waals surface area (Å²) in [5.41, 5.74) is -0.0406. The van der Waals surface area contributed by atoms with E-state index < -0.39 is 4.92 Å². The maximum absolute atomic E-state index is 12.6. The van der Waals surface area contributed by atoms with Gasteiger partial charge in [0, 0.05) is 31.7 Å². The second kappa shape index (κ2) is 9.86. The zero-order valence-electron chi connectivity index (χ0n) is 14.3. The lowest BCUT2D eigenvalue weighted by molar-refractivity contribution is -0.385. The lowest BCUT2D eigenvalue weighted by Crippen LogP contribution is -2.56. The molecule has 0 radical (unpaired) electrons. The van der Waals surface area contributed by atoms with Crippen LogP contribution in [0, 0.1) is 10.1 Å². The lowest BCUT2D eigenvalue weighted by Gasteiger charge is -2.32. The highest BCUT2D eigenvalue weighted by Gasteiger charge is 2.35. The van der Waals surface area contributed by atoms with E-state index in [-0.39, 0.29) is 54.6 Å². The molecule has 1 unspecified atom stereocenters. The molecule has 1 aromatic rings. The molecule has 2 aliphatic heterocycles. The van der Waals surface area contributed by atoms with Crippen LogP contribution >= 0.6 is 24.8 Å². The molecule has 2 aliphatic rings. The number of likely N-dealkylation sites (tertiary alicyclic amines) is 1. The summed E-state index contributed by atoms with van der Waals surface area (Å²) in [5.74, 6) is 0.635. The van der Waals surface area contributed by atoms with E-state index in [2.05, 4.69) is 15.6 Å². The van der Waals surface area contributed by atoms with Crippen LogP contribution in [0.1, 0.15) is 13.3 Å². The first-order chi connectivity index (χ1) is 11.5. The van der Waals surface area contributed by atoms with E-state index in [1.54, 1.807) is 6.07 Å². The van der Waals surface area contributed by atoms with Crippen molar-refractivity contribution < 1.29 is 14.5 Å². The van der Waals surface area contributed by atoms with Crippen molar-refractivity contribution >= 4 is 42.2 Å². The Morgan fingerprint density at radius 3 is 2.85 bits per heavy atom. The number of carbonyl (C=O) groups is 1. The van der Waals surface area contributed by atoms with E-state index in [9.17, 15) is 14.9 Å². The molecule has 0 aliphatic carbocycles. The molecule has 3 heterocycles. The maximum atomic E-state index is 12.6. The number of carbonyl (C=O) groups excluding carboxylic acids is 1. The SMILES string of the molecule is C[C@H]1OCCN[C@@H]1C(=O)N1CCC(Nc2ccc([N+](=O)[O-])cn2)C1.Cl.Cl. The molecular weight excluding hydrogens is 385 g/mol. The number of rotatable bonds is 4. The minimum atomic E-state index is -0.479. The second-order valence-electron chi connectivity index (χ2n) is 6.08. The topological polar surface area (TPSA) is 110 Å². The van der Waals surface area contributed by atoms with Crippen molar-refractivity contribution in [2.75, 3.05) is 31.6 Å². The van der Waals surface area contributed by atoms with Crippen LogP contribution in [0.3, 0.4) is 0 Å². The molecule has 2 N–H and O–H groups in total. The van der Waals surface area contributed by atoms with Gasteiger partial charge in [-0.05, 0) is 19.4 Å². The highest BCUT2D eigenvalue weighted by molar-refractivity contribution is 5.85. The molecule has 0 saturated carbocycles. The predicted octanol–water partition coefficient (Wildman–Crippen LogP) is 1.22. The Labute approximate surface area is 163 Å². The Morgan fingerprint density at radius 1 is 1.46 bits per heavy atom. The smallest absolute Gasteiger partial charge is 0.287 e. The van der Waals surface area contributed by atoms with Crippen LogP contribution in [-0.2, 0) is 9.53 Å². The Bertz CT molecular complexity index is 619. The van der Waals surface area contributed by atoms with Crippen molar-refractivity contribution in [1.82, 2.24) is 15.2 Å². The molecule has 0 spiro atoms. The number of halogens is 2. The molecule has 3 rings (SSSR count). The van der Waals surface area contributed by atoms with Gasteiger partial charge in [0.05, 0.1) is 17.6 Å². The number of anilines is 1. The summed E-state index contributed by atoms with van der Waals surface area (Å²) >= 11 is 0. The molecule has 1 aromatic heterocycles. The molecular formula is C15H23Cl2N5O4. The number of nitro groups is 1. The maximum Gasteiger partial charge on any atom is 0.287 e. The predicted molar refractivity (Wildman–Crippen MR) is 101 cm³/mol. The lowest BCUT2D eigenvalue weighted by atomic mass is 10.1. The molecule has 3 atom stereocenters. The van der Waals surface area contributed by atoms with E-state index in [1.807, 2.05) is 11.8 Å². The minimum Gasteiger partial charge on any atom is -0.375 e. The molecule has 0 aromatic carbocycles. The number of amides is 1. The molecule has 9 nitrogen and oxygen atoms in total. The summed E-state index contributed by atoms with van der Waals surface area (Å²) in [6.07, 6.45) is 1.91. The summed E-state index contributed by atoms with van der Waals surface area (Å²) in [5, 5.41) is 17.1. The van der Waals surface area contributed by atoms with Gasteiger partial charge in [-0.3, -0.25) is 14.9 Å². The van der Waals surface area contributed by atoms with Crippen LogP contribution in [0.2, 0.25) is 0 Å². The summed E-state index contributed by atoms with van der Waals surface area (Å²) in [6, 6.07) is 2.79. The van der Waals surface area contributed by atoms with Crippen LogP contribution in [-0.4, -0.2) is 65.1 Å². The summed E-state index contributed by atoms with van der Waals surface area (Å²) in [6.45, 7) is 4.47. The first-order valence-corrected chi connectivity index (χ1v) is 8.05. The second-order valence-corrected chi connectivity index (χ2v) is 6.08. The Balaban J connectivity index is 0.00000169. The summed E-state index contributed by atoms with van der Waals surface area (Å²) < 4.78 is 5.53. The average Bonchev–Trinajstić information content (AvgIpc) is 3.04. The van der Waals surface area contributed by atoms with E-state index in [4.69, 9.17) is 4.74 Å². The highest BCUT2D eigenvalue weighted by Crippen LogP contribution is 2.18. The average molecular weight is 408 g/mol. The first-order valence-electron chi connectivity index (χ1n) is 8.05. The number of nitrogens with zero attached hydrogens (tertiary/aromatic N) is 3. The Kier molecular flexibility index (Phi) is 8.48. The normalized spacial score (nSPS) is 25.0. The zero-order valence-corrected chi connectivity index (χ0v) is 15.9. The van der Waals surface area contributed by atoms with E-state index in [1.165, 1.54) is 12.3 Å². The van der Waals surface area contributed by atoms with Crippen molar-refractivity contribution in [1.29, 1.82) is 0 Å². The van der Waals surface area contributed by atoms with Crippen LogP contribution in [0.25, 0.3) is 0 Å². The molecule has 2 fully saturated rings. The third kappa shape index (κ3) is 5.16. The van der Waals surface area contributed by atoms with Crippen LogP contribution in [0.5, 0.6) is 0 Å². The number of nitrogens with one attached hydrogen (secondary N) is 2. The van der Waals surface area contributed by atoms with E-state index in [0.717, 1.165) is 6.42 Å². The van der Waals surface area contributed by atoms with Crippen molar-refractivity contribution in [2.45, 2.75) is 31.5 Å². The van der Waals surface area contributed by atoms with Crippen molar-refractivity contribution in [3.63, 3.8) is 0 Å². The Hall–Kier alpha value is -1.68. The third-order valence-corrected chi connectivity index (χ3v) is 4.39. The van der Waals surface area contributed by atoms with Crippen molar-refractivity contribution in [2.24, 2.45) is 0 Å². The molecule has 2 saturated heterocycles. The number of pyridine rings is 1. The molecule has 26 heavy (non-hydrogen) atoms. The fourth-order valence-corrected chi connectivity index (χ4v) is 3.07. The molecule has 0 bridgehead atoms. The first kappa shape index (κ1) is 22.4. The van der Waals surface area contributed by atoms with E-state index >= 15 is 0 Å². The van der Waals surface area contributed by atoms with Gasteiger partial charge in [0.1, 0.15) is 18.1 Å². The fourth-order valence-electron chi connectivity index (χ4n) is 3.07. The van der Waals surface area contributed by atoms with Gasteiger partial charge in [0.2, 0.25) is 5.91 Å². The summed E-state index contributed by atoms with van der Waals surface area (Å²) in [4.78, 5) is 28.6. The largest absolute Gasteiger partial charge is 0.375 e. The third-order valence-electron chi connectivity index (χ3n) is 4.39. The number of ether oxygens (including phenoxy) is 1. The van der Waals surface area contributed by atoms with Gasteiger partial charge in [-0.1, -0.05) is 0 Å². The fraction of sp³-hybridized carbons (Fsp3) is 0.600. The monoisotopic (exact) mass is 407 g/mol. The molecule has 11 heteroatoms. The van der Waals surface area contributed by atoms with Crippen LogP contribution in [0.4, 0.5) is 11.5 Å². The van der Waals surface area contributed by atoms with Gasteiger partial charge in [-0.25, -0.2) is 4.98 Å². The van der Waals surface area contributed by atoms with Crippen molar-refractivity contribution in [3.8, 4) is 0 Å². The van der Waals surface area contributed by atoms with Gasteiger partial charge in [-0.15, -0.1) is 24.8 Å². The van der Waals surface area contributed by atoms with Gasteiger partial charge in [-0.2, -0.15) is 0 Å². The number of aromatic nitrogens is 1. The van der Waals surface area contributed by atoms with Crippen LogP contribution < -0.4 is 10.6 Å². The quantitative estimate of drug-likeness (QED) is 0.570. The molecule has 146 valence electrons. The number of hydrogen-bond acceptors (Lipinski definition) is 7. The summed E-state index contributed by atoms with van der Waals surface area (Å²) in [7, 11) is 0. The molecule has 1 amide bonds. The van der Waals surface area contributed by atoms with Crippen LogP contribution in [0.15, 0.2) is 18.3 Å². The van der Waals surface area contributed by atoms with Crippen molar-refractivity contribution in [3.05, 3.63) is 28.4 Å². The van der Waals surface area contributed by atoms with Gasteiger partial charge < -0.3 is 20.3 Å². The standard InChI is InChI=1S/C15H21N5O4.2ClH/c1-10-14(16-5-7-24-10)15(21)19-6-4-11(9-19)18-13-3-2-12(8-17-13)20(22)23;;/h2-3,8,10-11,14,16H,4-7,9H2,1H3,(H,17,18);2*1H/t10-,11?,14+;;/m1../s1. The number of hydrogen-bond donors (Lipinski definition) is 2.